The Labute approximate surface area is 301 Å². The summed E-state index contributed by atoms with van der Waals surface area (Å²) in [6.07, 6.45) is 0. The SMILES string of the molecule is CC1(C)c2ccccc2-c2ccc(N(c3ccc4ccccc4c3)c3cccc4c3-c3ccccc3[Si]4(c3ccccc3)c3ccccc3)cc21. The highest BCUT2D eigenvalue weighted by Crippen LogP contribution is 2.51. The summed E-state index contributed by atoms with van der Waals surface area (Å²) in [4.78, 5) is 2.53. The summed E-state index contributed by atoms with van der Waals surface area (Å²) in [5.41, 5.74) is 11.6. The van der Waals surface area contributed by atoms with Crippen LogP contribution in [-0.2, 0) is 5.41 Å². The van der Waals surface area contributed by atoms with Gasteiger partial charge in [-0.2, -0.15) is 0 Å². The lowest BCUT2D eigenvalue weighted by Gasteiger charge is -2.32. The first-order valence-electron chi connectivity index (χ1n) is 17.9. The van der Waals surface area contributed by atoms with E-state index < -0.39 is 8.07 Å². The molecule has 2 heteroatoms. The van der Waals surface area contributed by atoms with Crippen molar-refractivity contribution in [3.63, 3.8) is 0 Å². The van der Waals surface area contributed by atoms with E-state index in [9.17, 15) is 0 Å². The molecule has 8 aromatic rings. The Hall–Kier alpha value is -5.96. The predicted octanol–water partition coefficient (Wildman–Crippen LogP) is 9.97. The minimum absolute atomic E-state index is 0.106. The Kier molecular flexibility index (Phi) is 6.62. The molecule has 0 saturated heterocycles. The van der Waals surface area contributed by atoms with Gasteiger partial charge in [0.2, 0.25) is 0 Å². The van der Waals surface area contributed by atoms with Crippen LogP contribution < -0.4 is 25.6 Å². The van der Waals surface area contributed by atoms with Gasteiger partial charge in [-0.1, -0.05) is 172 Å². The second-order valence-corrected chi connectivity index (χ2v) is 18.2. The number of rotatable bonds is 5. The second kappa shape index (κ2) is 11.3. The van der Waals surface area contributed by atoms with Crippen LogP contribution in [0, 0.1) is 0 Å². The van der Waals surface area contributed by atoms with E-state index in [-0.39, 0.29) is 5.41 Å². The normalized spacial score (nSPS) is 14.4. The lowest BCUT2D eigenvalue weighted by atomic mass is 9.82. The average Bonchev–Trinajstić information content (AvgIpc) is 3.62. The van der Waals surface area contributed by atoms with E-state index in [2.05, 4.69) is 207 Å². The van der Waals surface area contributed by atoms with E-state index >= 15 is 0 Å². The largest absolute Gasteiger partial charge is 0.310 e. The number of nitrogens with zero attached hydrogens (tertiary/aromatic N) is 1. The van der Waals surface area contributed by atoms with Gasteiger partial charge in [-0.15, -0.1) is 0 Å². The van der Waals surface area contributed by atoms with Crippen LogP contribution >= 0.6 is 0 Å². The molecule has 10 rings (SSSR count). The molecule has 0 fully saturated rings. The second-order valence-electron chi connectivity index (χ2n) is 14.5. The molecule has 242 valence electrons. The van der Waals surface area contributed by atoms with Crippen molar-refractivity contribution in [1.29, 1.82) is 0 Å². The first-order valence-corrected chi connectivity index (χ1v) is 19.9. The van der Waals surface area contributed by atoms with Crippen molar-refractivity contribution < 1.29 is 0 Å². The van der Waals surface area contributed by atoms with Gasteiger partial charge >= 0.3 is 0 Å². The summed E-state index contributed by atoms with van der Waals surface area (Å²) in [6, 6.07) is 70.6. The van der Waals surface area contributed by atoms with Gasteiger partial charge in [-0.05, 0) is 89.7 Å². The molecule has 51 heavy (non-hydrogen) atoms. The van der Waals surface area contributed by atoms with Crippen LogP contribution in [0.3, 0.4) is 0 Å². The van der Waals surface area contributed by atoms with E-state index in [0.717, 1.165) is 5.69 Å². The molecular formula is C49H37NSi. The Morgan fingerprint density at radius 2 is 0.980 bits per heavy atom. The molecule has 0 radical (unpaired) electrons. The molecule has 1 heterocycles. The molecule has 0 saturated carbocycles. The number of benzene rings is 8. The molecule has 0 aromatic heterocycles. The van der Waals surface area contributed by atoms with Crippen LogP contribution in [0.2, 0.25) is 0 Å². The molecular weight excluding hydrogens is 631 g/mol. The smallest absolute Gasteiger partial charge is 0.180 e. The van der Waals surface area contributed by atoms with Crippen LogP contribution in [0.15, 0.2) is 188 Å². The van der Waals surface area contributed by atoms with Crippen molar-refractivity contribution in [1.82, 2.24) is 0 Å². The highest BCUT2D eigenvalue weighted by molar-refractivity contribution is 7.22. The van der Waals surface area contributed by atoms with Crippen molar-refractivity contribution in [3.8, 4) is 22.3 Å². The standard InChI is InChI=1S/C49H37NSi/c1-49(2)43-24-13-11-22-40(43)41-31-30-37(33-44(41)49)50(36-29-28-34-16-9-10-17-35(34)32-36)45-25-15-27-47-48(45)42-23-12-14-26-46(42)51(47,38-18-5-3-6-19-38)39-20-7-4-8-21-39/h3-33H,1-2H3. The van der Waals surface area contributed by atoms with E-state index in [0.29, 0.717) is 0 Å². The van der Waals surface area contributed by atoms with Crippen LogP contribution in [0.5, 0.6) is 0 Å². The molecule has 8 aromatic carbocycles. The lowest BCUT2D eigenvalue weighted by Crippen LogP contribution is -2.72. The fourth-order valence-electron chi connectivity index (χ4n) is 9.23. The Balaban J connectivity index is 1.28. The van der Waals surface area contributed by atoms with Crippen molar-refractivity contribution in [2.45, 2.75) is 19.3 Å². The molecule has 1 aliphatic carbocycles. The van der Waals surface area contributed by atoms with Crippen molar-refractivity contribution >= 4 is 56.7 Å². The molecule has 0 N–H and O–H groups in total. The van der Waals surface area contributed by atoms with E-state index in [4.69, 9.17) is 0 Å². The van der Waals surface area contributed by atoms with Crippen molar-refractivity contribution in [2.24, 2.45) is 0 Å². The quantitative estimate of drug-likeness (QED) is 0.165. The summed E-state index contributed by atoms with van der Waals surface area (Å²) in [7, 11) is -2.66. The van der Waals surface area contributed by atoms with E-state index in [1.807, 2.05) is 0 Å². The Bertz CT molecular complexity index is 2580. The third-order valence-corrected chi connectivity index (χ3v) is 16.4. The molecule has 1 aliphatic heterocycles. The van der Waals surface area contributed by atoms with E-state index in [1.165, 1.54) is 76.3 Å². The van der Waals surface area contributed by atoms with Gasteiger partial charge in [0.1, 0.15) is 0 Å². The van der Waals surface area contributed by atoms with Gasteiger partial charge in [-0.3, -0.25) is 0 Å². The predicted molar refractivity (Wildman–Crippen MR) is 219 cm³/mol. The maximum atomic E-state index is 2.53. The fraction of sp³-hybridized carbons (Fsp3) is 0.0612. The molecule has 1 nitrogen and oxygen atoms in total. The minimum atomic E-state index is -2.66. The first-order chi connectivity index (χ1) is 25.1. The summed E-state index contributed by atoms with van der Waals surface area (Å²) >= 11 is 0. The fourth-order valence-corrected chi connectivity index (χ4v) is 14.4. The zero-order valence-corrected chi connectivity index (χ0v) is 29.8. The Morgan fingerprint density at radius 3 is 1.75 bits per heavy atom. The Morgan fingerprint density at radius 1 is 0.412 bits per heavy atom. The van der Waals surface area contributed by atoms with Crippen LogP contribution in [0.4, 0.5) is 17.1 Å². The zero-order valence-electron chi connectivity index (χ0n) is 28.8. The molecule has 0 bridgehead atoms. The van der Waals surface area contributed by atoms with Crippen molar-refractivity contribution in [3.05, 3.63) is 199 Å². The summed E-state index contributed by atoms with van der Waals surface area (Å²) in [5, 5.41) is 8.20. The van der Waals surface area contributed by atoms with Gasteiger partial charge in [0.25, 0.3) is 0 Å². The first kappa shape index (κ1) is 29.9. The summed E-state index contributed by atoms with van der Waals surface area (Å²) in [5.74, 6) is 0. The third-order valence-electron chi connectivity index (χ3n) is 11.5. The maximum absolute atomic E-state index is 2.66. The highest BCUT2D eigenvalue weighted by atomic mass is 28.3. The molecule has 2 aliphatic rings. The monoisotopic (exact) mass is 667 g/mol. The van der Waals surface area contributed by atoms with Crippen LogP contribution in [0.1, 0.15) is 25.0 Å². The van der Waals surface area contributed by atoms with E-state index in [1.54, 1.807) is 0 Å². The highest BCUT2D eigenvalue weighted by Gasteiger charge is 2.49. The zero-order chi connectivity index (χ0) is 34.2. The number of hydrogen-bond acceptors (Lipinski definition) is 1. The van der Waals surface area contributed by atoms with Gasteiger partial charge in [-0.25, -0.2) is 0 Å². The van der Waals surface area contributed by atoms with Crippen molar-refractivity contribution in [2.75, 3.05) is 4.90 Å². The van der Waals surface area contributed by atoms with Gasteiger partial charge in [0, 0.05) is 22.4 Å². The topological polar surface area (TPSA) is 3.24 Å². The van der Waals surface area contributed by atoms with Gasteiger partial charge in [0.15, 0.2) is 8.07 Å². The number of fused-ring (bicyclic) bond motifs is 7. The average molecular weight is 668 g/mol. The maximum Gasteiger partial charge on any atom is 0.180 e. The van der Waals surface area contributed by atoms with Gasteiger partial charge in [0.05, 0.1) is 5.69 Å². The molecule has 0 atom stereocenters. The van der Waals surface area contributed by atoms with Crippen LogP contribution in [-0.4, -0.2) is 8.07 Å². The lowest BCUT2D eigenvalue weighted by molar-refractivity contribution is 0.660. The minimum Gasteiger partial charge on any atom is -0.310 e. The van der Waals surface area contributed by atoms with Crippen LogP contribution in [0.25, 0.3) is 33.0 Å². The third kappa shape index (κ3) is 4.27. The molecule has 0 spiro atoms. The summed E-state index contributed by atoms with van der Waals surface area (Å²) in [6.45, 7) is 4.75. The van der Waals surface area contributed by atoms with Gasteiger partial charge < -0.3 is 4.90 Å². The summed E-state index contributed by atoms with van der Waals surface area (Å²) < 4.78 is 0. The number of anilines is 3. The molecule has 0 unspecified atom stereocenters. The molecule has 0 amide bonds. The number of hydrogen-bond donors (Lipinski definition) is 0.